The fourth-order valence-corrected chi connectivity index (χ4v) is 1.68. The molecule has 0 heterocycles. The van der Waals surface area contributed by atoms with Crippen molar-refractivity contribution in [1.29, 1.82) is 0 Å². The van der Waals surface area contributed by atoms with Crippen LogP contribution >= 0.6 is 0 Å². The van der Waals surface area contributed by atoms with E-state index in [2.05, 4.69) is 18.7 Å². The Morgan fingerprint density at radius 1 is 1.31 bits per heavy atom. The Kier molecular flexibility index (Phi) is 4.20. The fourth-order valence-electron chi connectivity index (χ4n) is 1.68. The molecule has 1 unspecified atom stereocenters. The largest absolute Gasteiger partial charge is 0.393 e. The number of aliphatic hydroxyl groups excluding tert-OH is 1. The molecular weight excluding hydrogens is 162 g/mol. The SMILES string of the molecule is CC(C)CN(CCC(C)O)C1CC1. The minimum atomic E-state index is -0.145. The van der Waals surface area contributed by atoms with E-state index < -0.39 is 0 Å². The zero-order valence-corrected chi connectivity index (χ0v) is 9.16. The summed E-state index contributed by atoms with van der Waals surface area (Å²) in [5.41, 5.74) is 0. The van der Waals surface area contributed by atoms with Gasteiger partial charge in [0.2, 0.25) is 0 Å². The molecule has 13 heavy (non-hydrogen) atoms. The third-order valence-electron chi connectivity index (χ3n) is 2.50. The third kappa shape index (κ3) is 4.63. The Labute approximate surface area is 81.9 Å². The van der Waals surface area contributed by atoms with Gasteiger partial charge >= 0.3 is 0 Å². The van der Waals surface area contributed by atoms with E-state index in [1.165, 1.54) is 19.4 Å². The molecule has 1 saturated carbocycles. The van der Waals surface area contributed by atoms with Crippen molar-refractivity contribution >= 4 is 0 Å². The molecule has 0 spiro atoms. The summed E-state index contributed by atoms with van der Waals surface area (Å²) in [5.74, 6) is 0.745. The summed E-state index contributed by atoms with van der Waals surface area (Å²) in [6, 6.07) is 0.834. The van der Waals surface area contributed by atoms with Crippen LogP contribution in [0.4, 0.5) is 0 Å². The van der Waals surface area contributed by atoms with Gasteiger partial charge in [-0.25, -0.2) is 0 Å². The predicted molar refractivity (Wildman–Crippen MR) is 55.7 cm³/mol. The Bertz CT molecular complexity index is 141. The smallest absolute Gasteiger partial charge is 0.0524 e. The molecule has 2 nitrogen and oxygen atoms in total. The average molecular weight is 185 g/mol. The summed E-state index contributed by atoms with van der Waals surface area (Å²) < 4.78 is 0. The first-order valence-electron chi connectivity index (χ1n) is 5.51. The van der Waals surface area contributed by atoms with Gasteiger partial charge in [0.1, 0.15) is 0 Å². The molecule has 1 N–H and O–H groups in total. The second kappa shape index (κ2) is 4.97. The maximum atomic E-state index is 9.21. The van der Waals surface area contributed by atoms with E-state index in [9.17, 15) is 5.11 Å². The normalized spacial score (nSPS) is 19.8. The molecule has 1 rings (SSSR count). The summed E-state index contributed by atoms with van der Waals surface area (Å²) in [5, 5.41) is 9.21. The van der Waals surface area contributed by atoms with Gasteiger partial charge < -0.3 is 10.0 Å². The molecule has 1 atom stereocenters. The van der Waals surface area contributed by atoms with E-state index in [0.29, 0.717) is 0 Å². The first-order chi connectivity index (χ1) is 6.09. The lowest BCUT2D eigenvalue weighted by Gasteiger charge is -2.24. The van der Waals surface area contributed by atoms with Crippen LogP contribution in [-0.2, 0) is 0 Å². The number of hydrogen-bond donors (Lipinski definition) is 1. The topological polar surface area (TPSA) is 23.5 Å². The van der Waals surface area contributed by atoms with Crippen molar-refractivity contribution in [3.05, 3.63) is 0 Å². The molecule has 0 amide bonds. The van der Waals surface area contributed by atoms with E-state index in [4.69, 9.17) is 0 Å². The van der Waals surface area contributed by atoms with Gasteiger partial charge in [0.25, 0.3) is 0 Å². The molecule has 0 radical (unpaired) electrons. The minimum Gasteiger partial charge on any atom is -0.393 e. The van der Waals surface area contributed by atoms with Crippen molar-refractivity contribution in [2.75, 3.05) is 13.1 Å². The van der Waals surface area contributed by atoms with E-state index in [-0.39, 0.29) is 6.10 Å². The summed E-state index contributed by atoms with van der Waals surface area (Å²) >= 11 is 0. The van der Waals surface area contributed by atoms with E-state index in [0.717, 1.165) is 24.9 Å². The van der Waals surface area contributed by atoms with Gasteiger partial charge in [0.05, 0.1) is 6.10 Å². The molecule has 78 valence electrons. The molecule has 0 aliphatic heterocycles. The number of aliphatic hydroxyl groups is 1. The van der Waals surface area contributed by atoms with Crippen molar-refractivity contribution in [3.8, 4) is 0 Å². The van der Waals surface area contributed by atoms with Crippen molar-refractivity contribution in [2.24, 2.45) is 5.92 Å². The van der Waals surface area contributed by atoms with Gasteiger partial charge in [0, 0.05) is 19.1 Å². The Morgan fingerprint density at radius 2 is 1.92 bits per heavy atom. The first kappa shape index (κ1) is 11.0. The van der Waals surface area contributed by atoms with Crippen molar-refractivity contribution in [2.45, 2.75) is 52.2 Å². The molecule has 1 aliphatic rings. The number of hydrogen-bond acceptors (Lipinski definition) is 2. The monoisotopic (exact) mass is 185 g/mol. The van der Waals surface area contributed by atoms with E-state index in [1.54, 1.807) is 0 Å². The van der Waals surface area contributed by atoms with Crippen LogP contribution in [0.3, 0.4) is 0 Å². The molecule has 0 bridgehead atoms. The van der Waals surface area contributed by atoms with Crippen molar-refractivity contribution in [3.63, 3.8) is 0 Å². The second-order valence-corrected chi connectivity index (χ2v) is 4.76. The molecule has 0 saturated heterocycles. The lowest BCUT2D eigenvalue weighted by atomic mass is 10.2. The van der Waals surface area contributed by atoms with Gasteiger partial charge in [0.15, 0.2) is 0 Å². The average Bonchev–Trinajstić information content (AvgIpc) is 2.78. The maximum absolute atomic E-state index is 9.21. The molecular formula is C11H23NO. The van der Waals surface area contributed by atoms with Crippen LogP contribution in [0.5, 0.6) is 0 Å². The summed E-state index contributed by atoms with van der Waals surface area (Å²) in [4.78, 5) is 2.54. The van der Waals surface area contributed by atoms with Gasteiger partial charge in [-0.3, -0.25) is 0 Å². The zero-order chi connectivity index (χ0) is 9.84. The van der Waals surface area contributed by atoms with Crippen LogP contribution < -0.4 is 0 Å². The Balaban J connectivity index is 2.21. The molecule has 0 aromatic rings. The Morgan fingerprint density at radius 3 is 2.31 bits per heavy atom. The first-order valence-corrected chi connectivity index (χ1v) is 5.51. The van der Waals surface area contributed by atoms with Crippen LogP contribution in [-0.4, -0.2) is 35.2 Å². The van der Waals surface area contributed by atoms with Crippen molar-refractivity contribution < 1.29 is 5.11 Å². The van der Waals surface area contributed by atoms with Crippen LogP contribution in [0, 0.1) is 5.92 Å². The highest BCUT2D eigenvalue weighted by atomic mass is 16.3. The summed E-state index contributed by atoms with van der Waals surface area (Å²) in [6.07, 6.45) is 3.51. The quantitative estimate of drug-likeness (QED) is 0.683. The van der Waals surface area contributed by atoms with E-state index >= 15 is 0 Å². The molecule has 0 aromatic carbocycles. The summed E-state index contributed by atoms with van der Waals surface area (Å²) in [6.45, 7) is 8.66. The van der Waals surface area contributed by atoms with Crippen LogP contribution in [0.1, 0.15) is 40.0 Å². The highest BCUT2D eigenvalue weighted by Crippen LogP contribution is 2.27. The third-order valence-corrected chi connectivity index (χ3v) is 2.50. The predicted octanol–water partition coefficient (Wildman–Crippen LogP) is 1.88. The standard InChI is InChI=1S/C11H23NO/c1-9(2)8-12(11-4-5-11)7-6-10(3)13/h9-11,13H,4-8H2,1-3H3. The minimum absolute atomic E-state index is 0.145. The van der Waals surface area contributed by atoms with Gasteiger partial charge in [-0.1, -0.05) is 13.8 Å². The second-order valence-electron chi connectivity index (χ2n) is 4.76. The highest BCUT2D eigenvalue weighted by molar-refractivity contribution is 4.85. The van der Waals surface area contributed by atoms with Crippen LogP contribution in [0.2, 0.25) is 0 Å². The maximum Gasteiger partial charge on any atom is 0.0524 e. The van der Waals surface area contributed by atoms with Crippen molar-refractivity contribution in [1.82, 2.24) is 4.90 Å². The van der Waals surface area contributed by atoms with Crippen LogP contribution in [0.15, 0.2) is 0 Å². The zero-order valence-electron chi connectivity index (χ0n) is 9.16. The molecule has 0 aromatic heterocycles. The van der Waals surface area contributed by atoms with Crippen LogP contribution in [0.25, 0.3) is 0 Å². The lowest BCUT2D eigenvalue weighted by Crippen LogP contribution is -2.32. The number of rotatable bonds is 6. The Hall–Kier alpha value is -0.0800. The molecule has 2 heteroatoms. The molecule has 1 aliphatic carbocycles. The van der Waals surface area contributed by atoms with Gasteiger partial charge in [-0.2, -0.15) is 0 Å². The lowest BCUT2D eigenvalue weighted by molar-refractivity contribution is 0.147. The van der Waals surface area contributed by atoms with Gasteiger partial charge in [-0.15, -0.1) is 0 Å². The summed E-state index contributed by atoms with van der Waals surface area (Å²) in [7, 11) is 0. The van der Waals surface area contributed by atoms with E-state index in [1.807, 2.05) is 6.92 Å². The fraction of sp³-hybridized carbons (Fsp3) is 1.00. The molecule has 1 fully saturated rings. The van der Waals surface area contributed by atoms with Gasteiger partial charge in [-0.05, 0) is 32.1 Å². The highest BCUT2D eigenvalue weighted by Gasteiger charge is 2.28. The number of nitrogens with zero attached hydrogens (tertiary/aromatic N) is 1.